The Morgan fingerprint density at radius 2 is 1.89 bits per heavy atom. The number of carbonyl (C=O) groups is 1. The molecular weight excluding hydrogens is 232 g/mol. The third-order valence-electron chi connectivity index (χ3n) is 4.20. The molecule has 1 unspecified atom stereocenters. The highest BCUT2D eigenvalue weighted by Gasteiger charge is 2.27. The van der Waals surface area contributed by atoms with Crippen LogP contribution in [0.4, 0.5) is 0 Å². The maximum atomic E-state index is 12.3. The molecule has 1 aromatic rings. The lowest BCUT2D eigenvalue weighted by atomic mass is 9.72. The summed E-state index contributed by atoms with van der Waals surface area (Å²) in [6.07, 6.45) is 5.89. The van der Waals surface area contributed by atoms with Gasteiger partial charge in [-0.25, -0.2) is 0 Å². The Balaban J connectivity index is 1.97. The van der Waals surface area contributed by atoms with Gasteiger partial charge in [0.05, 0.1) is 0 Å². The SMILES string of the molecule is CC(C)(C)C1CC=C(C(=O)Cc2ccccc2)CC1. The van der Waals surface area contributed by atoms with Crippen molar-refractivity contribution in [1.82, 2.24) is 0 Å². The van der Waals surface area contributed by atoms with E-state index in [2.05, 4.69) is 26.8 Å². The minimum Gasteiger partial charge on any atom is -0.294 e. The quantitative estimate of drug-likeness (QED) is 0.774. The lowest BCUT2D eigenvalue weighted by molar-refractivity contribution is -0.115. The number of rotatable bonds is 3. The number of benzene rings is 1. The second-order valence-electron chi connectivity index (χ2n) is 6.65. The standard InChI is InChI=1S/C18H24O/c1-18(2,3)16-11-9-15(10-12-16)17(19)13-14-7-5-4-6-8-14/h4-9,16H,10-13H2,1-3H3. The number of ketones is 1. The molecule has 1 aliphatic carbocycles. The van der Waals surface area contributed by atoms with Crippen molar-refractivity contribution in [1.29, 1.82) is 0 Å². The molecule has 0 heterocycles. The summed E-state index contributed by atoms with van der Waals surface area (Å²) in [6, 6.07) is 10.0. The van der Waals surface area contributed by atoms with E-state index in [-0.39, 0.29) is 0 Å². The maximum absolute atomic E-state index is 12.3. The summed E-state index contributed by atoms with van der Waals surface area (Å²) >= 11 is 0. The van der Waals surface area contributed by atoms with E-state index in [1.54, 1.807) is 0 Å². The summed E-state index contributed by atoms with van der Waals surface area (Å²) in [7, 11) is 0. The summed E-state index contributed by atoms with van der Waals surface area (Å²) in [5.41, 5.74) is 2.51. The van der Waals surface area contributed by atoms with E-state index in [9.17, 15) is 4.79 Å². The molecule has 0 aliphatic heterocycles. The van der Waals surface area contributed by atoms with Crippen LogP contribution in [0, 0.1) is 11.3 Å². The summed E-state index contributed by atoms with van der Waals surface area (Å²) in [5.74, 6) is 1.01. The number of allylic oxidation sites excluding steroid dienone is 2. The lowest BCUT2D eigenvalue weighted by Crippen LogP contribution is -2.23. The van der Waals surface area contributed by atoms with Crippen LogP contribution in [0.5, 0.6) is 0 Å². The Morgan fingerprint density at radius 3 is 2.42 bits per heavy atom. The van der Waals surface area contributed by atoms with Gasteiger partial charge in [0, 0.05) is 6.42 Å². The average Bonchev–Trinajstić information content (AvgIpc) is 2.39. The molecule has 0 N–H and O–H groups in total. The minimum absolute atomic E-state index is 0.304. The maximum Gasteiger partial charge on any atom is 0.162 e. The van der Waals surface area contributed by atoms with Crippen LogP contribution in [0.1, 0.15) is 45.6 Å². The van der Waals surface area contributed by atoms with Crippen LogP contribution in [-0.2, 0) is 11.2 Å². The molecule has 2 rings (SSSR count). The number of carbonyl (C=O) groups excluding carboxylic acids is 1. The first kappa shape index (κ1) is 14.0. The topological polar surface area (TPSA) is 17.1 Å². The first-order chi connectivity index (χ1) is 8.97. The fourth-order valence-corrected chi connectivity index (χ4v) is 2.77. The molecule has 1 atom stereocenters. The van der Waals surface area contributed by atoms with Crippen molar-refractivity contribution in [2.75, 3.05) is 0 Å². The molecule has 0 amide bonds. The molecule has 0 fully saturated rings. The van der Waals surface area contributed by atoms with Crippen molar-refractivity contribution in [3.05, 3.63) is 47.5 Å². The van der Waals surface area contributed by atoms with Gasteiger partial charge in [0.2, 0.25) is 0 Å². The highest BCUT2D eigenvalue weighted by molar-refractivity contribution is 5.96. The first-order valence-corrected chi connectivity index (χ1v) is 7.23. The van der Waals surface area contributed by atoms with Gasteiger partial charge in [-0.05, 0) is 41.7 Å². The Bertz CT molecular complexity index is 462. The molecule has 0 aromatic heterocycles. The molecule has 102 valence electrons. The van der Waals surface area contributed by atoms with Crippen LogP contribution < -0.4 is 0 Å². The van der Waals surface area contributed by atoms with Crippen molar-refractivity contribution in [2.45, 2.75) is 46.5 Å². The van der Waals surface area contributed by atoms with Gasteiger partial charge in [-0.1, -0.05) is 57.2 Å². The molecule has 0 saturated heterocycles. The highest BCUT2D eigenvalue weighted by atomic mass is 16.1. The second-order valence-corrected chi connectivity index (χ2v) is 6.65. The largest absolute Gasteiger partial charge is 0.294 e. The Hall–Kier alpha value is -1.37. The molecule has 1 aromatic carbocycles. The molecule has 1 nitrogen and oxygen atoms in total. The summed E-state index contributed by atoms with van der Waals surface area (Å²) in [6.45, 7) is 6.88. The third-order valence-corrected chi connectivity index (χ3v) is 4.20. The van der Waals surface area contributed by atoms with E-state index < -0.39 is 0 Å². The Morgan fingerprint density at radius 1 is 1.21 bits per heavy atom. The van der Waals surface area contributed by atoms with Crippen molar-refractivity contribution in [3.8, 4) is 0 Å². The van der Waals surface area contributed by atoms with Gasteiger partial charge in [-0.2, -0.15) is 0 Å². The van der Waals surface area contributed by atoms with Crippen LogP contribution >= 0.6 is 0 Å². The fraction of sp³-hybridized carbons (Fsp3) is 0.500. The van der Waals surface area contributed by atoms with E-state index in [0.717, 1.165) is 30.4 Å². The van der Waals surface area contributed by atoms with Crippen molar-refractivity contribution < 1.29 is 4.79 Å². The van der Waals surface area contributed by atoms with Gasteiger partial charge in [0.25, 0.3) is 0 Å². The van der Waals surface area contributed by atoms with Gasteiger partial charge in [-0.3, -0.25) is 4.79 Å². The van der Waals surface area contributed by atoms with Gasteiger partial charge < -0.3 is 0 Å². The zero-order valence-electron chi connectivity index (χ0n) is 12.3. The molecule has 0 saturated carbocycles. The van der Waals surface area contributed by atoms with E-state index in [0.29, 0.717) is 23.5 Å². The fourth-order valence-electron chi connectivity index (χ4n) is 2.77. The van der Waals surface area contributed by atoms with Crippen molar-refractivity contribution >= 4 is 5.78 Å². The zero-order chi connectivity index (χ0) is 13.9. The van der Waals surface area contributed by atoms with E-state index in [1.165, 1.54) is 0 Å². The van der Waals surface area contributed by atoms with Gasteiger partial charge in [-0.15, -0.1) is 0 Å². The predicted octanol–water partition coefficient (Wildman–Crippen LogP) is 4.57. The molecule has 0 radical (unpaired) electrons. The predicted molar refractivity (Wildman–Crippen MR) is 80.0 cm³/mol. The van der Waals surface area contributed by atoms with Crippen LogP contribution in [0.3, 0.4) is 0 Å². The third kappa shape index (κ3) is 3.79. The van der Waals surface area contributed by atoms with Crippen molar-refractivity contribution in [2.24, 2.45) is 11.3 Å². The second kappa shape index (κ2) is 5.73. The van der Waals surface area contributed by atoms with Gasteiger partial charge in [0.1, 0.15) is 0 Å². The normalized spacial score (nSPS) is 19.9. The zero-order valence-corrected chi connectivity index (χ0v) is 12.3. The molecule has 0 bridgehead atoms. The summed E-state index contributed by atoms with van der Waals surface area (Å²) in [5, 5.41) is 0. The number of Topliss-reactive ketones (excluding diaryl/α,β-unsaturated/α-hetero) is 1. The molecule has 0 spiro atoms. The van der Waals surface area contributed by atoms with Gasteiger partial charge in [0.15, 0.2) is 5.78 Å². The Labute approximate surface area is 116 Å². The molecule has 1 heteroatoms. The van der Waals surface area contributed by atoms with E-state index in [1.807, 2.05) is 30.3 Å². The summed E-state index contributed by atoms with van der Waals surface area (Å²) < 4.78 is 0. The molecular formula is C18H24O. The van der Waals surface area contributed by atoms with Crippen LogP contribution in [-0.4, -0.2) is 5.78 Å². The molecule has 1 aliphatic rings. The van der Waals surface area contributed by atoms with E-state index in [4.69, 9.17) is 0 Å². The summed E-state index contributed by atoms with van der Waals surface area (Å²) in [4.78, 5) is 12.3. The highest BCUT2D eigenvalue weighted by Crippen LogP contribution is 2.37. The van der Waals surface area contributed by atoms with Crippen LogP contribution in [0.2, 0.25) is 0 Å². The number of hydrogen-bond acceptors (Lipinski definition) is 1. The van der Waals surface area contributed by atoms with Crippen LogP contribution in [0.25, 0.3) is 0 Å². The monoisotopic (exact) mass is 256 g/mol. The minimum atomic E-state index is 0.304. The van der Waals surface area contributed by atoms with Crippen molar-refractivity contribution in [3.63, 3.8) is 0 Å². The Kier molecular flexibility index (Phi) is 4.24. The van der Waals surface area contributed by atoms with Gasteiger partial charge >= 0.3 is 0 Å². The average molecular weight is 256 g/mol. The first-order valence-electron chi connectivity index (χ1n) is 7.23. The lowest BCUT2D eigenvalue weighted by Gasteiger charge is -2.33. The van der Waals surface area contributed by atoms with Crippen LogP contribution in [0.15, 0.2) is 42.0 Å². The number of hydrogen-bond donors (Lipinski definition) is 0. The smallest absolute Gasteiger partial charge is 0.162 e. The molecule has 19 heavy (non-hydrogen) atoms. The van der Waals surface area contributed by atoms with E-state index >= 15 is 0 Å².